The fourth-order valence-corrected chi connectivity index (χ4v) is 7.96. The van der Waals surface area contributed by atoms with E-state index in [0.29, 0.717) is 15.7 Å². The van der Waals surface area contributed by atoms with Crippen molar-refractivity contribution in [3.63, 3.8) is 0 Å². The van der Waals surface area contributed by atoms with Gasteiger partial charge in [-0.15, -0.1) is 0 Å². The lowest BCUT2D eigenvalue weighted by Crippen LogP contribution is -2.50. The number of anilines is 2. The van der Waals surface area contributed by atoms with Crippen molar-refractivity contribution >= 4 is 56.7 Å². The van der Waals surface area contributed by atoms with Gasteiger partial charge >= 0.3 is 0 Å². The van der Waals surface area contributed by atoms with Crippen molar-refractivity contribution in [3.8, 4) is 11.1 Å². The summed E-state index contributed by atoms with van der Waals surface area (Å²) in [5.74, 6) is -0.304. The highest BCUT2D eigenvalue weighted by Crippen LogP contribution is 2.45. The summed E-state index contributed by atoms with van der Waals surface area (Å²) in [6.07, 6.45) is 1.50. The largest absolute Gasteiger partial charge is 0.340 e. The number of imidazole rings is 1. The highest BCUT2D eigenvalue weighted by Gasteiger charge is 2.52. The third-order valence-corrected chi connectivity index (χ3v) is 10.4. The van der Waals surface area contributed by atoms with Gasteiger partial charge in [-0.1, -0.05) is 77.8 Å². The number of nitrogens with zero attached hydrogens (tertiary/aromatic N) is 5. The van der Waals surface area contributed by atoms with Gasteiger partial charge in [-0.25, -0.2) is 18.3 Å². The van der Waals surface area contributed by atoms with Gasteiger partial charge in [-0.3, -0.25) is 14.2 Å². The Morgan fingerprint density at radius 2 is 1.51 bits per heavy atom. The van der Waals surface area contributed by atoms with E-state index in [1.54, 1.807) is 30.0 Å². The molecule has 1 atom stereocenters. The van der Waals surface area contributed by atoms with Gasteiger partial charge in [-0.2, -0.15) is 4.31 Å². The standard InChI is InChI=1S/C31H29Cl2N5O4S/c1-21(39)35-12-14-36(15-13-35)43(41,42)28-20-34-30-37(27-17-25(32)16-26(33)18-27)29(40)31(2,38(28)30)19-22-8-10-24(11-9-22)23-6-4-3-5-7-23/h3-11,16-18,20H,12-15,19H2,1-2H3/t31-/m1/s1. The second-order valence-corrected chi connectivity index (χ2v) is 13.7. The van der Waals surface area contributed by atoms with E-state index >= 15 is 0 Å². The first-order valence-corrected chi connectivity index (χ1v) is 16.0. The molecule has 3 heterocycles. The first-order valence-electron chi connectivity index (χ1n) is 13.8. The molecular weight excluding hydrogens is 609 g/mol. The maximum absolute atomic E-state index is 14.4. The zero-order valence-electron chi connectivity index (χ0n) is 23.6. The molecule has 0 N–H and O–H groups in total. The van der Waals surface area contributed by atoms with E-state index in [9.17, 15) is 18.0 Å². The van der Waals surface area contributed by atoms with Gasteiger partial charge in [0.15, 0.2) is 5.03 Å². The van der Waals surface area contributed by atoms with Crippen LogP contribution in [0.3, 0.4) is 0 Å². The summed E-state index contributed by atoms with van der Waals surface area (Å²) < 4.78 is 31.0. The van der Waals surface area contributed by atoms with E-state index < -0.39 is 15.6 Å². The number of amides is 2. The summed E-state index contributed by atoms with van der Waals surface area (Å²) in [6, 6.07) is 22.6. The minimum atomic E-state index is -4.08. The van der Waals surface area contributed by atoms with Crippen LogP contribution in [0.2, 0.25) is 10.0 Å². The molecule has 43 heavy (non-hydrogen) atoms. The van der Waals surface area contributed by atoms with E-state index in [1.165, 1.54) is 26.9 Å². The smallest absolute Gasteiger partial charge is 0.260 e. The van der Waals surface area contributed by atoms with Gasteiger partial charge in [0.05, 0.1) is 11.9 Å². The number of piperazine rings is 1. The Morgan fingerprint density at radius 3 is 2.12 bits per heavy atom. The summed E-state index contributed by atoms with van der Waals surface area (Å²) in [6.45, 7) is 4.04. The quantitative estimate of drug-likeness (QED) is 0.284. The summed E-state index contributed by atoms with van der Waals surface area (Å²) in [4.78, 5) is 33.7. The second-order valence-electron chi connectivity index (χ2n) is 10.9. The lowest BCUT2D eigenvalue weighted by molar-refractivity contribution is -0.130. The number of hydrogen-bond donors (Lipinski definition) is 0. The molecule has 2 aliphatic heterocycles. The third-order valence-electron chi connectivity index (χ3n) is 8.07. The summed E-state index contributed by atoms with van der Waals surface area (Å²) in [7, 11) is -4.08. The van der Waals surface area contributed by atoms with Crippen LogP contribution in [0.4, 0.5) is 11.6 Å². The summed E-state index contributed by atoms with van der Waals surface area (Å²) in [5.41, 5.74) is 1.98. The maximum atomic E-state index is 14.4. The van der Waals surface area contributed by atoms with Crippen LogP contribution in [0.5, 0.6) is 0 Å². The summed E-state index contributed by atoms with van der Waals surface area (Å²) >= 11 is 12.6. The molecule has 0 aliphatic carbocycles. The van der Waals surface area contributed by atoms with Crippen LogP contribution in [0.1, 0.15) is 19.4 Å². The van der Waals surface area contributed by atoms with Crippen LogP contribution in [0, 0.1) is 0 Å². The molecule has 3 aromatic carbocycles. The van der Waals surface area contributed by atoms with E-state index in [1.807, 2.05) is 54.6 Å². The number of fused-ring (bicyclic) bond motifs is 1. The number of rotatable bonds is 6. The topological polar surface area (TPSA) is 95.8 Å². The highest BCUT2D eigenvalue weighted by molar-refractivity contribution is 7.89. The van der Waals surface area contributed by atoms with Crippen molar-refractivity contribution in [2.75, 3.05) is 31.1 Å². The predicted octanol–water partition coefficient (Wildman–Crippen LogP) is 5.35. The minimum Gasteiger partial charge on any atom is -0.340 e. The van der Waals surface area contributed by atoms with Crippen molar-refractivity contribution in [2.45, 2.75) is 30.8 Å². The molecule has 2 amide bonds. The lowest BCUT2D eigenvalue weighted by Gasteiger charge is -2.34. The monoisotopic (exact) mass is 637 g/mol. The fourth-order valence-electron chi connectivity index (χ4n) is 5.83. The number of hydrogen-bond acceptors (Lipinski definition) is 5. The summed E-state index contributed by atoms with van der Waals surface area (Å²) in [5, 5.41) is 0.565. The first kappa shape index (κ1) is 29.4. The molecule has 0 saturated carbocycles. The molecule has 9 nitrogen and oxygen atoms in total. The first-order chi connectivity index (χ1) is 20.5. The maximum Gasteiger partial charge on any atom is 0.260 e. The molecule has 1 fully saturated rings. The Labute approximate surface area is 260 Å². The highest BCUT2D eigenvalue weighted by atomic mass is 35.5. The molecule has 1 saturated heterocycles. The minimum absolute atomic E-state index is 0.0915. The molecule has 2 aliphatic rings. The Bertz CT molecular complexity index is 1800. The van der Waals surface area contributed by atoms with Gasteiger partial charge in [0.1, 0.15) is 5.54 Å². The van der Waals surface area contributed by atoms with Gasteiger partial charge in [0.2, 0.25) is 11.9 Å². The average molecular weight is 639 g/mol. The zero-order valence-corrected chi connectivity index (χ0v) is 25.9. The van der Waals surface area contributed by atoms with Crippen LogP contribution in [0.25, 0.3) is 11.1 Å². The molecule has 1 aromatic heterocycles. The van der Waals surface area contributed by atoms with Crippen LogP contribution >= 0.6 is 23.2 Å². The van der Waals surface area contributed by atoms with Crippen LogP contribution in [0.15, 0.2) is 84.0 Å². The average Bonchev–Trinajstić information content (AvgIpc) is 3.51. The SMILES string of the molecule is CC(=O)N1CCN(S(=O)(=O)c2cnc3n2[C@](C)(Cc2ccc(-c4ccccc4)cc2)C(=O)N3c2cc(Cl)cc(Cl)c2)CC1. The second kappa shape index (κ2) is 11.1. The van der Waals surface area contributed by atoms with Crippen LogP contribution in [-0.4, -0.2) is 65.2 Å². The van der Waals surface area contributed by atoms with Gasteiger partial charge in [-0.05, 0) is 41.8 Å². The number of halogens is 2. The van der Waals surface area contributed by atoms with Crippen molar-refractivity contribution < 1.29 is 18.0 Å². The number of benzene rings is 3. The number of aromatic nitrogens is 2. The zero-order chi connectivity index (χ0) is 30.5. The van der Waals surface area contributed by atoms with Crippen LogP contribution < -0.4 is 4.90 Å². The van der Waals surface area contributed by atoms with Crippen molar-refractivity contribution in [3.05, 3.63) is 94.6 Å². The normalized spacial score (nSPS) is 19.1. The molecule has 4 aromatic rings. The molecule has 0 radical (unpaired) electrons. The molecule has 12 heteroatoms. The molecule has 222 valence electrons. The number of carbonyl (C=O) groups is 2. The molecule has 0 unspecified atom stereocenters. The van der Waals surface area contributed by atoms with Crippen LogP contribution in [-0.2, 0) is 31.6 Å². The van der Waals surface area contributed by atoms with Gasteiger partial charge in [0.25, 0.3) is 15.9 Å². The Hall–Kier alpha value is -3.70. The van der Waals surface area contributed by atoms with E-state index in [-0.39, 0.29) is 55.4 Å². The Balaban J connectivity index is 1.42. The van der Waals surface area contributed by atoms with E-state index in [0.717, 1.165) is 16.7 Å². The van der Waals surface area contributed by atoms with Crippen molar-refractivity contribution in [2.24, 2.45) is 0 Å². The van der Waals surface area contributed by atoms with Gasteiger partial charge in [0, 0.05) is 49.6 Å². The number of carbonyl (C=O) groups excluding carboxylic acids is 2. The molecule has 0 bridgehead atoms. The van der Waals surface area contributed by atoms with Crippen molar-refractivity contribution in [1.29, 1.82) is 0 Å². The fraction of sp³-hybridized carbons (Fsp3) is 0.258. The van der Waals surface area contributed by atoms with Gasteiger partial charge < -0.3 is 4.90 Å². The number of sulfonamides is 1. The third kappa shape index (κ3) is 5.22. The van der Waals surface area contributed by atoms with E-state index in [4.69, 9.17) is 23.2 Å². The molecule has 0 spiro atoms. The van der Waals surface area contributed by atoms with E-state index in [2.05, 4.69) is 4.98 Å². The lowest BCUT2D eigenvalue weighted by atomic mass is 9.91. The molecular formula is C31H29Cl2N5O4S. The Morgan fingerprint density at radius 1 is 0.907 bits per heavy atom. The predicted molar refractivity (Wildman–Crippen MR) is 166 cm³/mol. The van der Waals surface area contributed by atoms with Crippen molar-refractivity contribution in [1.82, 2.24) is 18.8 Å². The Kier molecular flexibility index (Phi) is 7.58. The molecule has 6 rings (SSSR count).